The van der Waals surface area contributed by atoms with Crippen molar-refractivity contribution in [1.82, 2.24) is 15.0 Å². The number of aromatic nitrogens is 2. The van der Waals surface area contributed by atoms with Gasteiger partial charge in [0.05, 0.1) is 0 Å². The number of rotatable bonds is 4. The minimum Gasteiger partial charge on any atom is -0.336 e. The number of carbonyl (C=O) groups excluding carboxylic acids is 1. The van der Waals surface area contributed by atoms with Gasteiger partial charge in [-0.2, -0.15) is 18.2 Å². The number of hydrogen-bond acceptors (Lipinski definition) is 4. The van der Waals surface area contributed by atoms with Crippen molar-refractivity contribution in [2.45, 2.75) is 44.8 Å². The van der Waals surface area contributed by atoms with Crippen molar-refractivity contribution in [3.8, 4) is 11.4 Å². The Balaban J connectivity index is 1.77. The molecule has 0 aliphatic heterocycles. The maximum absolute atomic E-state index is 12.7. The van der Waals surface area contributed by atoms with Gasteiger partial charge in [-0.25, -0.2) is 0 Å². The summed E-state index contributed by atoms with van der Waals surface area (Å²) in [6.45, 7) is 2.58. The van der Waals surface area contributed by atoms with E-state index in [9.17, 15) is 18.0 Å². The zero-order valence-electron chi connectivity index (χ0n) is 13.7. The maximum atomic E-state index is 12.7. The standard InChI is InChI=1S/C17H18F3N3O2/c1-2-23(13-5-3-4-6-13)15(24)12-9-7-11(8-10-12)14-21-16(25-22-14)17(18,19)20/h7-10,13H,2-6H2,1H3. The summed E-state index contributed by atoms with van der Waals surface area (Å²) in [5.41, 5.74) is 0.858. The molecule has 1 aliphatic rings. The van der Waals surface area contributed by atoms with Crippen molar-refractivity contribution < 1.29 is 22.5 Å². The Morgan fingerprint density at radius 2 is 1.88 bits per heavy atom. The van der Waals surface area contributed by atoms with Gasteiger partial charge >= 0.3 is 12.1 Å². The lowest BCUT2D eigenvalue weighted by Gasteiger charge is -2.27. The Morgan fingerprint density at radius 1 is 1.24 bits per heavy atom. The first-order chi connectivity index (χ1) is 11.9. The van der Waals surface area contributed by atoms with E-state index in [1.54, 1.807) is 12.1 Å². The summed E-state index contributed by atoms with van der Waals surface area (Å²) in [6, 6.07) is 6.49. The number of amides is 1. The number of hydrogen-bond donors (Lipinski definition) is 0. The van der Waals surface area contributed by atoms with Gasteiger partial charge in [0.2, 0.25) is 5.82 Å². The highest BCUT2D eigenvalue weighted by atomic mass is 19.4. The first kappa shape index (κ1) is 17.4. The molecule has 1 saturated carbocycles. The molecule has 8 heteroatoms. The Bertz CT molecular complexity index is 734. The number of benzene rings is 1. The fraction of sp³-hybridized carbons (Fsp3) is 0.471. The van der Waals surface area contributed by atoms with E-state index in [1.807, 2.05) is 11.8 Å². The largest absolute Gasteiger partial charge is 0.471 e. The Morgan fingerprint density at radius 3 is 2.40 bits per heavy atom. The Labute approximate surface area is 142 Å². The molecule has 0 N–H and O–H groups in total. The Kier molecular flexibility index (Phi) is 4.78. The van der Waals surface area contributed by atoms with Crippen LogP contribution in [-0.2, 0) is 6.18 Å². The quantitative estimate of drug-likeness (QED) is 0.828. The lowest BCUT2D eigenvalue weighted by atomic mass is 10.1. The van der Waals surface area contributed by atoms with Gasteiger partial charge in [-0.3, -0.25) is 4.79 Å². The van der Waals surface area contributed by atoms with E-state index >= 15 is 0 Å². The molecular weight excluding hydrogens is 335 g/mol. The average molecular weight is 353 g/mol. The lowest BCUT2D eigenvalue weighted by molar-refractivity contribution is -0.159. The summed E-state index contributed by atoms with van der Waals surface area (Å²) in [4.78, 5) is 17.9. The smallest absolute Gasteiger partial charge is 0.336 e. The average Bonchev–Trinajstić information content (AvgIpc) is 3.27. The van der Waals surface area contributed by atoms with Gasteiger partial charge in [-0.15, -0.1) is 0 Å². The third kappa shape index (κ3) is 3.67. The lowest BCUT2D eigenvalue weighted by Crippen LogP contribution is -2.38. The summed E-state index contributed by atoms with van der Waals surface area (Å²) >= 11 is 0. The van der Waals surface area contributed by atoms with Crippen LogP contribution in [0.25, 0.3) is 11.4 Å². The monoisotopic (exact) mass is 353 g/mol. The van der Waals surface area contributed by atoms with Gasteiger partial charge in [-0.1, -0.05) is 30.1 Å². The van der Waals surface area contributed by atoms with E-state index < -0.39 is 12.1 Å². The third-order valence-corrected chi connectivity index (χ3v) is 4.43. The predicted molar refractivity (Wildman–Crippen MR) is 83.7 cm³/mol. The molecule has 0 spiro atoms. The molecule has 1 amide bonds. The summed E-state index contributed by atoms with van der Waals surface area (Å²) in [7, 11) is 0. The van der Waals surface area contributed by atoms with Gasteiger partial charge in [0, 0.05) is 23.7 Å². The second-order valence-corrected chi connectivity index (χ2v) is 6.03. The van der Waals surface area contributed by atoms with Gasteiger partial charge < -0.3 is 9.42 Å². The van der Waals surface area contributed by atoms with E-state index in [2.05, 4.69) is 14.7 Å². The Hall–Kier alpha value is -2.38. The van der Waals surface area contributed by atoms with Crippen LogP contribution in [-0.4, -0.2) is 33.5 Å². The molecule has 1 aromatic carbocycles. The van der Waals surface area contributed by atoms with Gasteiger partial charge in [0.25, 0.3) is 5.91 Å². The molecule has 0 saturated heterocycles. The van der Waals surface area contributed by atoms with Gasteiger partial charge in [0.1, 0.15) is 0 Å². The van der Waals surface area contributed by atoms with Crippen molar-refractivity contribution in [2.24, 2.45) is 0 Å². The van der Waals surface area contributed by atoms with Crippen LogP contribution in [0.2, 0.25) is 0 Å². The van der Waals surface area contributed by atoms with Gasteiger partial charge in [0.15, 0.2) is 0 Å². The number of halogens is 3. The molecule has 1 fully saturated rings. The molecule has 25 heavy (non-hydrogen) atoms. The van der Waals surface area contributed by atoms with Crippen LogP contribution >= 0.6 is 0 Å². The van der Waals surface area contributed by atoms with Crippen LogP contribution in [0.5, 0.6) is 0 Å². The minimum atomic E-state index is -4.68. The SMILES string of the molecule is CCN(C(=O)c1ccc(-c2noc(C(F)(F)F)n2)cc1)C1CCCC1. The summed E-state index contributed by atoms with van der Waals surface area (Å²) in [5, 5.41) is 3.34. The van der Waals surface area contributed by atoms with Crippen molar-refractivity contribution in [3.05, 3.63) is 35.7 Å². The predicted octanol–water partition coefficient (Wildman–Crippen LogP) is 4.16. The molecule has 1 aliphatic carbocycles. The molecule has 0 atom stereocenters. The second-order valence-electron chi connectivity index (χ2n) is 6.03. The van der Waals surface area contributed by atoms with Gasteiger partial charge in [-0.05, 0) is 31.9 Å². The molecule has 0 bridgehead atoms. The number of carbonyl (C=O) groups is 1. The number of alkyl halides is 3. The molecule has 2 aromatic rings. The zero-order valence-corrected chi connectivity index (χ0v) is 13.7. The summed E-state index contributed by atoms with van der Waals surface area (Å²) in [5.74, 6) is -1.61. The topological polar surface area (TPSA) is 59.2 Å². The fourth-order valence-corrected chi connectivity index (χ4v) is 3.17. The molecule has 1 heterocycles. The van der Waals surface area contributed by atoms with Crippen molar-refractivity contribution in [1.29, 1.82) is 0 Å². The molecular formula is C17H18F3N3O2. The van der Waals surface area contributed by atoms with Crippen molar-refractivity contribution >= 4 is 5.91 Å². The van der Waals surface area contributed by atoms with E-state index in [0.717, 1.165) is 25.7 Å². The van der Waals surface area contributed by atoms with Crippen LogP contribution in [0.3, 0.4) is 0 Å². The second kappa shape index (κ2) is 6.85. The maximum Gasteiger partial charge on any atom is 0.471 e. The molecule has 0 unspecified atom stereocenters. The molecule has 3 rings (SSSR count). The normalized spacial score (nSPS) is 15.5. The van der Waals surface area contributed by atoms with Crippen LogP contribution in [0.15, 0.2) is 28.8 Å². The van der Waals surface area contributed by atoms with Crippen LogP contribution < -0.4 is 0 Å². The zero-order chi connectivity index (χ0) is 18.0. The first-order valence-corrected chi connectivity index (χ1v) is 8.22. The number of nitrogens with zero attached hydrogens (tertiary/aromatic N) is 3. The van der Waals surface area contributed by atoms with E-state index in [0.29, 0.717) is 17.7 Å². The van der Waals surface area contributed by atoms with Crippen molar-refractivity contribution in [3.63, 3.8) is 0 Å². The molecule has 134 valence electrons. The van der Waals surface area contributed by atoms with Crippen LogP contribution in [0, 0.1) is 0 Å². The van der Waals surface area contributed by atoms with E-state index in [-0.39, 0.29) is 17.8 Å². The third-order valence-electron chi connectivity index (χ3n) is 4.43. The van der Waals surface area contributed by atoms with Crippen LogP contribution in [0.1, 0.15) is 48.9 Å². The van der Waals surface area contributed by atoms with E-state index in [4.69, 9.17) is 0 Å². The van der Waals surface area contributed by atoms with E-state index in [1.165, 1.54) is 12.1 Å². The summed E-state index contributed by atoms with van der Waals surface area (Å²) in [6.07, 6.45) is -0.384. The summed E-state index contributed by atoms with van der Waals surface area (Å²) < 4.78 is 41.8. The highest BCUT2D eigenvalue weighted by molar-refractivity contribution is 5.94. The highest BCUT2D eigenvalue weighted by Crippen LogP contribution is 2.29. The van der Waals surface area contributed by atoms with Crippen molar-refractivity contribution in [2.75, 3.05) is 6.54 Å². The highest BCUT2D eigenvalue weighted by Gasteiger charge is 2.38. The molecule has 5 nitrogen and oxygen atoms in total. The molecule has 0 radical (unpaired) electrons. The van der Waals surface area contributed by atoms with Crippen LogP contribution in [0.4, 0.5) is 13.2 Å². The first-order valence-electron chi connectivity index (χ1n) is 8.22. The minimum absolute atomic E-state index is 0.0648. The fourth-order valence-electron chi connectivity index (χ4n) is 3.17. The molecule has 1 aromatic heterocycles.